The number of hydrogen-bond acceptors (Lipinski definition) is 2. The first kappa shape index (κ1) is 19.7. The molecule has 1 fully saturated rings. The Balaban J connectivity index is 1.78. The summed E-state index contributed by atoms with van der Waals surface area (Å²) in [4.78, 5) is 1.53. The Morgan fingerprint density at radius 3 is 2.87 bits per heavy atom. The van der Waals surface area contributed by atoms with Crippen LogP contribution in [0.4, 0.5) is 0 Å². The van der Waals surface area contributed by atoms with Gasteiger partial charge in [0.05, 0.1) is 0 Å². The van der Waals surface area contributed by atoms with Crippen LogP contribution in [0.3, 0.4) is 0 Å². The third-order valence-electron chi connectivity index (χ3n) is 4.93. The van der Waals surface area contributed by atoms with Gasteiger partial charge in [0.15, 0.2) is 8.32 Å². The maximum atomic E-state index is 6.22. The van der Waals surface area contributed by atoms with Crippen LogP contribution in [0.15, 0.2) is 29.7 Å². The first-order chi connectivity index (χ1) is 11.0. The van der Waals surface area contributed by atoms with Crippen LogP contribution in [0, 0.1) is 5.41 Å². The molecule has 1 aliphatic rings. The van der Waals surface area contributed by atoms with E-state index in [1.165, 1.54) is 43.0 Å². The number of allylic oxidation sites excluding steroid dienone is 1. The molecule has 1 saturated carbocycles. The lowest BCUT2D eigenvalue weighted by Crippen LogP contribution is -2.41. The molecule has 0 amide bonds. The lowest BCUT2D eigenvalue weighted by molar-refractivity contribution is 0.229. The molecular weight excluding hydrogens is 431 g/mol. The normalized spacial score (nSPS) is 25.0. The summed E-state index contributed by atoms with van der Waals surface area (Å²) in [5, 5.41) is 2.20. The van der Waals surface area contributed by atoms with Gasteiger partial charge in [-0.2, -0.15) is 0 Å². The molecule has 1 aliphatic carbocycles. The summed E-state index contributed by atoms with van der Waals surface area (Å²) >= 11 is 4.55. The van der Waals surface area contributed by atoms with E-state index in [-0.39, 0.29) is 0 Å². The minimum absolute atomic E-state index is 0.403. The molecule has 0 saturated heterocycles. The van der Waals surface area contributed by atoms with Gasteiger partial charge in [0.1, 0.15) is 0 Å². The van der Waals surface area contributed by atoms with Crippen LogP contribution < -0.4 is 0 Å². The molecule has 1 aromatic rings. The van der Waals surface area contributed by atoms with Crippen molar-refractivity contribution in [2.75, 3.05) is 6.61 Å². The summed E-state index contributed by atoms with van der Waals surface area (Å²) < 4.78 is 7.01. The average molecular weight is 463 g/mol. The summed E-state index contributed by atoms with van der Waals surface area (Å²) in [5.41, 5.74) is 0.403. The summed E-state index contributed by atoms with van der Waals surface area (Å²) in [7, 11) is -1.41. The van der Waals surface area contributed by atoms with Crippen molar-refractivity contribution in [2.24, 2.45) is 5.41 Å². The Labute approximate surface area is 161 Å². The summed E-state index contributed by atoms with van der Waals surface area (Å²) in [6, 6.07) is 5.76. The number of thiophene rings is 1. The molecule has 0 aromatic carbocycles. The topological polar surface area (TPSA) is 9.23 Å². The number of rotatable bonds is 10. The molecule has 1 heterocycles. The van der Waals surface area contributed by atoms with Crippen LogP contribution >= 0.6 is 33.9 Å². The number of hydrogen-bond donors (Lipinski definition) is 0. The molecule has 2 atom stereocenters. The Kier molecular flexibility index (Phi) is 7.83. The molecule has 0 spiro atoms. The lowest BCUT2D eigenvalue weighted by Gasteiger charge is -2.45. The highest BCUT2D eigenvalue weighted by Gasteiger charge is 2.43. The van der Waals surface area contributed by atoms with Gasteiger partial charge in [-0.3, -0.25) is 0 Å². The second-order valence-electron chi connectivity index (χ2n) is 7.40. The van der Waals surface area contributed by atoms with Crippen molar-refractivity contribution >= 4 is 42.2 Å². The maximum Gasteiger partial charge on any atom is 0.186 e. The molecule has 2 unspecified atom stereocenters. The van der Waals surface area contributed by atoms with Crippen molar-refractivity contribution in [1.29, 1.82) is 0 Å². The average Bonchev–Trinajstić information content (AvgIpc) is 3.03. The Hall–Kier alpha value is 0.347. The van der Waals surface area contributed by atoms with Gasteiger partial charge < -0.3 is 4.43 Å². The molecule has 2 rings (SSSR count). The van der Waals surface area contributed by atoms with Gasteiger partial charge in [-0.1, -0.05) is 60.6 Å². The van der Waals surface area contributed by atoms with Crippen molar-refractivity contribution < 1.29 is 4.43 Å². The van der Waals surface area contributed by atoms with E-state index >= 15 is 0 Å². The van der Waals surface area contributed by atoms with Gasteiger partial charge in [0, 0.05) is 20.8 Å². The fraction of sp³-hybridized carbons (Fsp3) is 0.684. The predicted molar refractivity (Wildman–Crippen MR) is 114 cm³/mol. The van der Waals surface area contributed by atoms with Crippen LogP contribution in [-0.4, -0.2) is 18.8 Å². The second kappa shape index (κ2) is 9.16. The van der Waals surface area contributed by atoms with E-state index in [4.69, 9.17) is 4.43 Å². The van der Waals surface area contributed by atoms with Gasteiger partial charge in [0.25, 0.3) is 0 Å². The van der Waals surface area contributed by atoms with Crippen LogP contribution in [0.5, 0.6) is 0 Å². The SMILES string of the molecule is CCCC[Si](C)(C)OCCC=CC1(Cc2cccs2)CCC1I. The van der Waals surface area contributed by atoms with Gasteiger partial charge in [-0.25, -0.2) is 0 Å². The Morgan fingerprint density at radius 1 is 1.48 bits per heavy atom. The van der Waals surface area contributed by atoms with Gasteiger partial charge >= 0.3 is 0 Å². The largest absolute Gasteiger partial charge is 0.417 e. The van der Waals surface area contributed by atoms with E-state index in [0.29, 0.717) is 5.41 Å². The highest BCUT2D eigenvalue weighted by molar-refractivity contribution is 14.1. The first-order valence-electron chi connectivity index (χ1n) is 8.95. The van der Waals surface area contributed by atoms with E-state index in [9.17, 15) is 0 Å². The first-order valence-corrected chi connectivity index (χ1v) is 14.2. The lowest BCUT2D eigenvalue weighted by atomic mass is 9.66. The molecule has 1 aromatic heterocycles. The quantitative estimate of drug-likeness (QED) is 0.122. The number of alkyl halides is 1. The van der Waals surface area contributed by atoms with E-state index < -0.39 is 8.32 Å². The van der Waals surface area contributed by atoms with Crippen molar-refractivity contribution in [2.45, 2.75) is 68.5 Å². The smallest absolute Gasteiger partial charge is 0.186 e. The summed E-state index contributed by atoms with van der Waals surface area (Å²) in [5.74, 6) is 0. The molecule has 1 nitrogen and oxygen atoms in total. The third-order valence-corrected chi connectivity index (χ3v) is 10.2. The van der Waals surface area contributed by atoms with Crippen molar-refractivity contribution in [3.05, 3.63) is 34.5 Å². The van der Waals surface area contributed by atoms with Crippen LogP contribution in [0.1, 0.15) is 43.9 Å². The minimum atomic E-state index is -1.41. The zero-order valence-electron chi connectivity index (χ0n) is 14.8. The monoisotopic (exact) mass is 462 g/mol. The molecule has 23 heavy (non-hydrogen) atoms. The summed E-state index contributed by atoms with van der Waals surface area (Å²) in [6.07, 6.45) is 12.5. The fourth-order valence-corrected chi connectivity index (χ4v) is 7.12. The van der Waals surface area contributed by atoms with E-state index in [1.807, 2.05) is 11.3 Å². The van der Waals surface area contributed by atoms with E-state index in [1.54, 1.807) is 0 Å². The van der Waals surface area contributed by atoms with Crippen molar-refractivity contribution in [1.82, 2.24) is 0 Å². The minimum Gasteiger partial charge on any atom is -0.417 e. The molecule has 0 aliphatic heterocycles. The second-order valence-corrected chi connectivity index (χ2v) is 14.2. The highest BCUT2D eigenvalue weighted by Crippen LogP contribution is 2.50. The molecular formula is C19H31IOSSi. The van der Waals surface area contributed by atoms with Crippen LogP contribution in [-0.2, 0) is 10.8 Å². The standard InChI is InChI=1S/C19H31IOSSi/c1-4-5-15-23(2,3)21-13-7-6-11-19(12-10-18(19)20)16-17-9-8-14-22-17/h6,8-9,11,14,18H,4-5,7,10,12-13,15-16H2,1-3H3. The summed E-state index contributed by atoms with van der Waals surface area (Å²) in [6.45, 7) is 7.88. The van der Waals surface area contributed by atoms with Crippen LogP contribution in [0.2, 0.25) is 19.1 Å². The third kappa shape index (κ3) is 5.98. The number of unbranched alkanes of at least 4 members (excludes halogenated alkanes) is 1. The molecule has 0 radical (unpaired) electrons. The highest BCUT2D eigenvalue weighted by atomic mass is 127. The van der Waals surface area contributed by atoms with E-state index in [0.717, 1.165) is 17.0 Å². The molecule has 0 N–H and O–H groups in total. The van der Waals surface area contributed by atoms with Crippen molar-refractivity contribution in [3.63, 3.8) is 0 Å². The van der Waals surface area contributed by atoms with Gasteiger partial charge in [-0.15, -0.1) is 11.3 Å². The Bertz CT molecular complexity index is 486. The zero-order chi connectivity index (χ0) is 16.8. The predicted octanol–water partition coefficient (Wildman–Crippen LogP) is 6.84. The molecule has 130 valence electrons. The fourth-order valence-electron chi connectivity index (χ4n) is 3.20. The maximum absolute atomic E-state index is 6.22. The number of halogens is 1. The zero-order valence-corrected chi connectivity index (χ0v) is 18.8. The Morgan fingerprint density at radius 2 is 2.30 bits per heavy atom. The van der Waals surface area contributed by atoms with Crippen LogP contribution in [0.25, 0.3) is 0 Å². The van der Waals surface area contributed by atoms with Crippen molar-refractivity contribution in [3.8, 4) is 0 Å². The van der Waals surface area contributed by atoms with Gasteiger partial charge in [-0.05, 0) is 56.3 Å². The molecule has 0 bridgehead atoms. The van der Waals surface area contributed by atoms with Gasteiger partial charge in [0.2, 0.25) is 0 Å². The molecule has 4 heteroatoms. The van der Waals surface area contributed by atoms with E-state index in [2.05, 4.69) is 72.3 Å².